The number of ether oxygens (including phenoxy) is 1. The van der Waals surface area contributed by atoms with Crippen LogP contribution >= 0.6 is 24.0 Å². The van der Waals surface area contributed by atoms with Gasteiger partial charge in [-0.1, -0.05) is 6.07 Å². The molecule has 0 atom stereocenters. The largest absolute Gasteiger partial charge is 0.378 e. The quantitative estimate of drug-likeness (QED) is 0.417. The minimum atomic E-state index is 0. The summed E-state index contributed by atoms with van der Waals surface area (Å²) in [7, 11) is 2.16. The Morgan fingerprint density at radius 3 is 2.50 bits per heavy atom. The molecule has 0 saturated carbocycles. The maximum atomic E-state index is 6.04. The van der Waals surface area contributed by atoms with Gasteiger partial charge < -0.3 is 25.2 Å². The van der Waals surface area contributed by atoms with Gasteiger partial charge in [-0.15, -0.1) is 24.0 Å². The molecule has 8 heteroatoms. The Kier molecular flexibility index (Phi) is 7.50. The summed E-state index contributed by atoms with van der Waals surface area (Å²) >= 11 is 0. The molecule has 2 aliphatic rings. The SMILES string of the molecule is CN1CCN(c2ccc(CN=C(N)N3CCOCC3)cn2)CC1.I. The predicted molar refractivity (Wildman–Crippen MR) is 107 cm³/mol. The van der Waals surface area contributed by atoms with Crippen molar-refractivity contribution >= 4 is 35.8 Å². The highest BCUT2D eigenvalue weighted by molar-refractivity contribution is 14.0. The van der Waals surface area contributed by atoms with Crippen LogP contribution in [0.4, 0.5) is 5.82 Å². The number of morpholine rings is 1. The molecule has 0 unspecified atom stereocenters. The molecule has 3 rings (SSSR count). The molecule has 0 aliphatic carbocycles. The third-order valence-corrected chi connectivity index (χ3v) is 4.40. The second-order valence-electron chi connectivity index (χ2n) is 6.09. The average molecular weight is 446 g/mol. The predicted octanol–water partition coefficient (Wildman–Crippen LogP) is 0.598. The number of anilines is 1. The van der Waals surface area contributed by atoms with Crippen LogP contribution in [0.25, 0.3) is 0 Å². The highest BCUT2D eigenvalue weighted by Gasteiger charge is 2.15. The van der Waals surface area contributed by atoms with Gasteiger partial charge in [0, 0.05) is 45.5 Å². The molecular weight excluding hydrogens is 419 g/mol. The number of halogens is 1. The lowest BCUT2D eigenvalue weighted by Crippen LogP contribution is -2.44. The Bertz CT molecular complexity index is 524. The summed E-state index contributed by atoms with van der Waals surface area (Å²) in [6.45, 7) is 7.88. The molecule has 2 fully saturated rings. The van der Waals surface area contributed by atoms with Gasteiger partial charge in [-0.25, -0.2) is 9.98 Å². The maximum Gasteiger partial charge on any atom is 0.191 e. The fraction of sp³-hybridized carbons (Fsp3) is 0.625. The fourth-order valence-corrected chi connectivity index (χ4v) is 2.80. The molecule has 7 nitrogen and oxygen atoms in total. The molecular formula is C16H27IN6O. The molecule has 134 valence electrons. The van der Waals surface area contributed by atoms with Gasteiger partial charge in [-0.3, -0.25) is 0 Å². The Morgan fingerprint density at radius 1 is 1.17 bits per heavy atom. The van der Waals surface area contributed by atoms with Crippen LogP contribution in [0, 0.1) is 0 Å². The minimum Gasteiger partial charge on any atom is -0.378 e. The number of hydrogen-bond donors (Lipinski definition) is 1. The first kappa shape index (κ1) is 19.2. The zero-order valence-corrected chi connectivity index (χ0v) is 16.6. The van der Waals surface area contributed by atoms with Gasteiger partial charge in [0.25, 0.3) is 0 Å². The number of aromatic nitrogens is 1. The van der Waals surface area contributed by atoms with Crippen molar-refractivity contribution in [2.24, 2.45) is 10.7 Å². The van der Waals surface area contributed by atoms with Crippen molar-refractivity contribution < 1.29 is 4.74 Å². The molecule has 2 aliphatic heterocycles. The summed E-state index contributed by atoms with van der Waals surface area (Å²) in [4.78, 5) is 15.8. The molecule has 24 heavy (non-hydrogen) atoms. The van der Waals surface area contributed by atoms with Gasteiger partial charge in [0.2, 0.25) is 0 Å². The maximum absolute atomic E-state index is 6.04. The van der Waals surface area contributed by atoms with Gasteiger partial charge >= 0.3 is 0 Å². The first-order chi connectivity index (χ1) is 11.2. The summed E-state index contributed by atoms with van der Waals surface area (Å²) < 4.78 is 5.32. The highest BCUT2D eigenvalue weighted by Crippen LogP contribution is 2.14. The van der Waals surface area contributed by atoms with E-state index in [0.717, 1.165) is 63.9 Å². The van der Waals surface area contributed by atoms with Crippen LogP contribution in [0.3, 0.4) is 0 Å². The first-order valence-electron chi connectivity index (χ1n) is 8.23. The third-order valence-electron chi connectivity index (χ3n) is 4.40. The van der Waals surface area contributed by atoms with E-state index in [4.69, 9.17) is 10.5 Å². The first-order valence-corrected chi connectivity index (χ1v) is 8.23. The Balaban J connectivity index is 0.00000208. The summed E-state index contributed by atoms with van der Waals surface area (Å²) in [6.07, 6.45) is 1.91. The van der Waals surface area contributed by atoms with E-state index in [9.17, 15) is 0 Å². The molecule has 2 saturated heterocycles. The van der Waals surface area contributed by atoms with E-state index in [1.54, 1.807) is 0 Å². The number of likely N-dealkylation sites (N-methyl/N-ethyl adjacent to an activating group) is 1. The van der Waals surface area contributed by atoms with Crippen LogP contribution < -0.4 is 10.6 Å². The molecule has 0 radical (unpaired) electrons. The van der Waals surface area contributed by atoms with Gasteiger partial charge in [-0.2, -0.15) is 0 Å². The monoisotopic (exact) mass is 446 g/mol. The van der Waals surface area contributed by atoms with E-state index in [1.165, 1.54) is 0 Å². The van der Waals surface area contributed by atoms with E-state index in [0.29, 0.717) is 12.5 Å². The van der Waals surface area contributed by atoms with Crippen LogP contribution in [-0.4, -0.2) is 80.3 Å². The van der Waals surface area contributed by atoms with Crippen molar-refractivity contribution in [3.05, 3.63) is 23.9 Å². The minimum absolute atomic E-state index is 0. The number of guanidine groups is 1. The summed E-state index contributed by atoms with van der Waals surface area (Å²) in [5.74, 6) is 1.64. The number of hydrogen-bond acceptors (Lipinski definition) is 5. The number of aliphatic imine (C=N–C) groups is 1. The van der Waals surface area contributed by atoms with E-state index < -0.39 is 0 Å². The standard InChI is InChI=1S/C16H26N6O.HI/c1-20-4-6-21(7-5-20)15-3-2-14(12-18-15)13-19-16(17)22-8-10-23-11-9-22;/h2-3,12H,4-11,13H2,1H3,(H2,17,19);1H. The summed E-state index contributed by atoms with van der Waals surface area (Å²) in [5.41, 5.74) is 7.13. The molecule has 0 bridgehead atoms. The van der Waals surface area contributed by atoms with Crippen molar-refractivity contribution in [1.29, 1.82) is 0 Å². The molecule has 1 aromatic rings. The molecule has 2 N–H and O–H groups in total. The third kappa shape index (κ3) is 5.18. The average Bonchev–Trinajstić information content (AvgIpc) is 2.61. The van der Waals surface area contributed by atoms with Gasteiger partial charge in [-0.05, 0) is 18.7 Å². The summed E-state index contributed by atoms with van der Waals surface area (Å²) in [6, 6.07) is 4.18. The zero-order chi connectivity index (χ0) is 16.1. The van der Waals surface area contributed by atoms with Crippen molar-refractivity contribution in [3.63, 3.8) is 0 Å². The van der Waals surface area contributed by atoms with E-state index in [2.05, 4.69) is 43.9 Å². The normalized spacial score (nSPS) is 20.0. The van der Waals surface area contributed by atoms with Crippen molar-refractivity contribution in [1.82, 2.24) is 14.8 Å². The van der Waals surface area contributed by atoms with Crippen LogP contribution in [0.1, 0.15) is 5.56 Å². The topological polar surface area (TPSA) is 70.2 Å². The Morgan fingerprint density at radius 2 is 1.88 bits per heavy atom. The highest BCUT2D eigenvalue weighted by atomic mass is 127. The molecule has 3 heterocycles. The van der Waals surface area contributed by atoms with Crippen molar-refractivity contribution in [3.8, 4) is 0 Å². The lowest BCUT2D eigenvalue weighted by atomic mass is 10.2. The van der Waals surface area contributed by atoms with Crippen molar-refractivity contribution in [2.45, 2.75) is 6.54 Å². The van der Waals surface area contributed by atoms with Crippen molar-refractivity contribution in [2.75, 3.05) is 64.4 Å². The lowest BCUT2D eigenvalue weighted by Gasteiger charge is -2.33. The lowest BCUT2D eigenvalue weighted by molar-refractivity contribution is 0.0674. The molecule has 0 aromatic carbocycles. The van der Waals surface area contributed by atoms with Gasteiger partial charge in [0.05, 0.1) is 19.8 Å². The molecule has 0 amide bonds. The molecule has 0 spiro atoms. The number of nitrogens with two attached hydrogens (primary N) is 1. The Labute approximate surface area is 160 Å². The van der Waals surface area contributed by atoms with Gasteiger partial charge in [0.15, 0.2) is 5.96 Å². The number of pyridine rings is 1. The second kappa shape index (κ2) is 9.38. The van der Waals surface area contributed by atoms with E-state index in [1.807, 2.05) is 6.20 Å². The van der Waals surface area contributed by atoms with E-state index in [-0.39, 0.29) is 24.0 Å². The smallest absolute Gasteiger partial charge is 0.191 e. The van der Waals surface area contributed by atoms with Gasteiger partial charge in [0.1, 0.15) is 5.82 Å². The van der Waals surface area contributed by atoms with Crippen LogP contribution in [0.2, 0.25) is 0 Å². The van der Waals surface area contributed by atoms with E-state index >= 15 is 0 Å². The zero-order valence-electron chi connectivity index (χ0n) is 14.2. The number of nitrogens with zero attached hydrogens (tertiary/aromatic N) is 5. The summed E-state index contributed by atoms with van der Waals surface area (Å²) in [5, 5.41) is 0. The fourth-order valence-electron chi connectivity index (χ4n) is 2.80. The second-order valence-corrected chi connectivity index (χ2v) is 6.09. The number of rotatable bonds is 3. The molecule has 1 aromatic heterocycles. The van der Waals surface area contributed by atoms with Crippen LogP contribution in [0.5, 0.6) is 0 Å². The number of piperazine rings is 1. The van der Waals surface area contributed by atoms with Crippen LogP contribution in [0.15, 0.2) is 23.3 Å². The Hall–Kier alpha value is -1.13. The van der Waals surface area contributed by atoms with Crippen LogP contribution in [-0.2, 0) is 11.3 Å².